The fourth-order valence-electron chi connectivity index (χ4n) is 2.28. The standard InChI is InChI=1S/C13H20BrN3/c1-16-3-2-4-17(6-5-16)10-11-7-12(14)9-13(15)8-11/h7-9H,2-6,10,15H2,1H3. The van der Waals surface area contributed by atoms with Gasteiger partial charge in [0.1, 0.15) is 0 Å². The highest BCUT2D eigenvalue weighted by atomic mass is 79.9. The third kappa shape index (κ3) is 3.98. The van der Waals surface area contributed by atoms with Crippen LogP contribution in [0.3, 0.4) is 0 Å². The van der Waals surface area contributed by atoms with E-state index in [0.29, 0.717) is 0 Å². The van der Waals surface area contributed by atoms with Crippen LogP contribution in [0.4, 0.5) is 5.69 Å². The summed E-state index contributed by atoms with van der Waals surface area (Å²) in [7, 11) is 2.20. The monoisotopic (exact) mass is 297 g/mol. The number of anilines is 1. The van der Waals surface area contributed by atoms with Crippen LogP contribution in [0.2, 0.25) is 0 Å². The van der Waals surface area contributed by atoms with Crippen LogP contribution in [-0.4, -0.2) is 43.0 Å². The normalized spacial score (nSPS) is 19.2. The molecule has 4 heteroatoms. The molecule has 0 atom stereocenters. The number of hydrogen-bond donors (Lipinski definition) is 1. The van der Waals surface area contributed by atoms with Gasteiger partial charge in [-0.15, -0.1) is 0 Å². The molecule has 94 valence electrons. The number of nitrogens with zero attached hydrogens (tertiary/aromatic N) is 2. The molecule has 2 rings (SSSR count). The summed E-state index contributed by atoms with van der Waals surface area (Å²) < 4.78 is 1.07. The van der Waals surface area contributed by atoms with Crippen LogP contribution in [0.15, 0.2) is 22.7 Å². The molecular weight excluding hydrogens is 278 g/mol. The second kappa shape index (κ2) is 5.85. The van der Waals surface area contributed by atoms with E-state index < -0.39 is 0 Å². The lowest BCUT2D eigenvalue weighted by Crippen LogP contribution is -2.28. The molecule has 0 bridgehead atoms. The van der Waals surface area contributed by atoms with Crippen molar-refractivity contribution < 1.29 is 0 Å². The van der Waals surface area contributed by atoms with E-state index in [1.54, 1.807) is 0 Å². The van der Waals surface area contributed by atoms with Gasteiger partial charge >= 0.3 is 0 Å². The highest BCUT2D eigenvalue weighted by Crippen LogP contribution is 2.19. The summed E-state index contributed by atoms with van der Waals surface area (Å²) in [6.45, 7) is 5.68. The second-order valence-electron chi connectivity index (χ2n) is 4.83. The topological polar surface area (TPSA) is 32.5 Å². The highest BCUT2D eigenvalue weighted by Gasteiger charge is 2.12. The van der Waals surface area contributed by atoms with Gasteiger partial charge in [0.05, 0.1) is 0 Å². The maximum Gasteiger partial charge on any atom is 0.0328 e. The maximum atomic E-state index is 5.86. The SMILES string of the molecule is CN1CCCN(Cc2cc(N)cc(Br)c2)CC1. The predicted molar refractivity (Wildman–Crippen MR) is 75.9 cm³/mol. The summed E-state index contributed by atoms with van der Waals surface area (Å²) in [5.41, 5.74) is 7.99. The highest BCUT2D eigenvalue weighted by molar-refractivity contribution is 9.10. The first-order valence-electron chi connectivity index (χ1n) is 6.09. The molecule has 1 aromatic rings. The molecule has 1 saturated heterocycles. The Morgan fingerprint density at radius 1 is 1.18 bits per heavy atom. The van der Waals surface area contributed by atoms with Gasteiger partial charge in [-0.1, -0.05) is 15.9 Å². The van der Waals surface area contributed by atoms with Crippen molar-refractivity contribution in [1.29, 1.82) is 0 Å². The van der Waals surface area contributed by atoms with Crippen molar-refractivity contribution >= 4 is 21.6 Å². The lowest BCUT2D eigenvalue weighted by Gasteiger charge is -2.20. The minimum Gasteiger partial charge on any atom is -0.399 e. The van der Waals surface area contributed by atoms with Crippen molar-refractivity contribution in [3.8, 4) is 0 Å². The van der Waals surface area contributed by atoms with Crippen LogP contribution < -0.4 is 5.73 Å². The van der Waals surface area contributed by atoms with E-state index in [1.165, 1.54) is 25.1 Å². The van der Waals surface area contributed by atoms with Gasteiger partial charge in [-0.2, -0.15) is 0 Å². The Bertz CT molecular complexity index is 361. The molecule has 0 amide bonds. The number of benzene rings is 1. The lowest BCUT2D eigenvalue weighted by molar-refractivity contribution is 0.269. The zero-order valence-corrected chi connectivity index (χ0v) is 11.9. The smallest absolute Gasteiger partial charge is 0.0328 e. The van der Waals surface area contributed by atoms with Gasteiger partial charge in [-0.05, 0) is 50.3 Å². The van der Waals surface area contributed by atoms with Gasteiger partial charge in [0.15, 0.2) is 0 Å². The minimum absolute atomic E-state index is 0.835. The summed E-state index contributed by atoms with van der Waals surface area (Å²) in [5.74, 6) is 0. The van der Waals surface area contributed by atoms with Gasteiger partial charge in [0.25, 0.3) is 0 Å². The Morgan fingerprint density at radius 2 is 2.00 bits per heavy atom. The largest absolute Gasteiger partial charge is 0.399 e. The number of nitrogen functional groups attached to an aromatic ring is 1. The lowest BCUT2D eigenvalue weighted by atomic mass is 10.2. The first kappa shape index (κ1) is 12.9. The van der Waals surface area contributed by atoms with Crippen LogP contribution in [0.5, 0.6) is 0 Å². The summed E-state index contributed by atoms with van der Waals surface area (Å²) >= 11 is 3.50. The summed E-state index contributed by atoms with van der Waals surface area (Å²) in [4.78, 5) is 4.90. The molecule has 3 nitrogen and oxygen atoms in total. The summed E-state index contributed by atoms with van der Waals surface area (Å²) in [6.07, 6.45) is 1.25. The Morgan fingerprint density at radius 3 is 2.76 bits per heavy atom. The molecule has 1 aromatic carbocycles. The van der Waals surface area contributed by atoms with Crippen LogP contribution in [0.25, 0.3) is 0 Å². The average molecular weight is 298 g/mol. The molecule has 1 heterocycles. The van der Waals surface area contributed by atoms with E-state index in [-0.39, 0.29) is 0 Å². The predicted octanol–water partition coefficient (Wildman–Crippen LogP) is 2.17. The Labute approximate surface area is 112 Å². The van der Waals surface area contributed by atoms with Gasteiger partial charge in [0.2, 0.25) is 0 Å². The van der Waals surface area contributed by atoms with E-state index in [4.69, 9.17) is 5.73 Å². The van der Waals surface area contributed by atoms with Gasteiger partial charge in [-0.3, -0.25) is 4.90 Å². The van der Waals surface area contributed by atoms with Crippen molar-refractivity contribution in [3.63, 3.8) is 0 Å². The number of hydrogen-bond acceptors (Lipinski definition) is 3. The van der Waals surface area contributed by atoms with Gasteiger partial charge in [-0.25, -0.2) is 0 Å². The first-order valence-corrected chi connectivity index (χ1v) is 6.88. The van der Waals surface area contributed by atoms with Gasteiger partial charge < -0.3 is 10.6 Å². The molecule has 0 aliphatic carbocycles. The third-order valence-electron chi connectivity index (χ3n) is 3.20. The van der Waals surface area contributed by atoms with Crippen LogP contribution >= 0.6 is 15.9 Å². The zero-order valence-electron chi connectivity index (χ0n) is 10.3. The molecular formula is C13H20BrN3. The molecule has 1 fully saturated rings. The molecule has 0 spiro atoms. The quantitative estimate of drug-likeness (QED) is 0.849. The first-order chi connectivity index (χ1) is 8.13. The maximum absolute atomic E-state index is 5.86. The van der Waals surface area contributed by atoms with E-state index in [1.807, 2.05) is 6.07 Å². The van der Waals surface area contributed by atoms with Crippen molar-refractivity contribution in [3.05, 3.63) is 28.2 Å². The summed E-state index contributed by atoms with van der Waals surface area (Å²) in [6, 6.07) is 6.17. The molecule has 1 aliphatic heterocycles. The van der Waals surface area contributed by atoms with E-state index in [0.717, 1.165) is 29.8 Å². The van der Waals surface area contributed by atoms with Crippen LogP contribution in [0, 0.1) is 0 Å². The number of rotatable bonds is 2. The second-order valence-corrected chi connectivity index (χ2v) is 5.74. The molecule has 0 saturated carbocycles. The zero-order chi connectivity index (χ0) is 12.3. The van der Waals surface area contributed by atoms with Crippen molar-refractivity contribution in [2.45, 2.75) is 13.0 Å². The van der Waals surface area contributed by atoms with Crippen molar-refractivity contribution in [2.75, 3.05) is 39.0 Å². The number of nitrogens with two attached hydrogens (primary N) is 1. The molecule has 2 N–H and O–H groups in total. The molecule has 0 radical (unpaired) electrons. The average Bonchev–Trinajstić information content (AvgIpc) is 2.42. The minimum atomic E-state index is 0.835. The van der Waals surface area contributed by atoms with Crippen molar-refractivity contribution in [1.82, 2.24) is 9.80 Å². The van der Waals surface area contributed by atoms with Crippen molar-refractivity contribution in [2.24, 2.45) is 0 Å². The Hall–Kier alpha value is -0.580. The van der Waals surface area contributed by atoms with Crippen LogP contribution in [-0.2, 0) is 6.54 Å². The molecule has 0 unspecified atom stereocenters. The molecule has 1 aliphatic rings. The van der Waals surface area contributed by atoms with E-state index in [9.17, 15) is 0 Å². The van der Waals surface area contributed by atoms with Crippen LogP contribution in [0.1, 0.15) is 12.0 Å². The van der Waals surface area contributed by atoms with E-state index >= 15 is 0 Å². The molecule has 17 heavy (non-hydrogen) atoms. The summed E-state index contributed by atoms with van der Waals surface area (Å²) in [5, 5.41) is 0. The van der Waals surface area contributed by atoms with Gasteiger partial charge in [0, 0.05) is 29.8 Å². The fraction of sp³-hybridized carbons (Fsp3) is 0.538. The fourth-order valence-corrected chi connectivity index (χ4v) is 2.84. The molecule has 0 aromatic heterocycles. The Kier molecular flexibility index (Phi) is 4.42. The van der Waals surface area contributed by atoms with E-state index in [2.05, 4.69) is 44.9 Å². The Balaban J connectivity index is 1.99. The number of halogens is 1. The number of likely N-dealkylation sites (N-methyl/N-ethyl adjacent to an activating group) is 1. The third-order valence-corrected chi connectivity index (χ3v) is 3.66.